The van der Waals surface area contributed by atoms with Crippen LogP contribution in [-0.2, 0) is 14.3 Å². The van der Waals surface area contributed by atoms with Crippen LogP contribution in [0.5, 0.6) is 0 Å². The molecule has 21 heavy (non-hydrogen) atoms. The topological polar surface area (TPSA) is 67.2 Å². The smallest absolute Gasteiger partial charge is 0.303 e. The zero-order valence-corrected chi connectivity index (χ0v) is 13.8. The highest BCUT2D eigenvalue weighted by atomic mass is 16.6. The minimum atomic E-state index is -0.632. The van der Waals surface area contributed by atoms with Gasteiger partial charge in [-0.25, -0.2) is 0 Å². The third-order valence-electron chi connectivity index (χ3n) is 4.84. The van der Waals surface area contributed by atoms with Crippen LogP contribution in [0, 0.1) is 35.0 Å². The third kappa shape index (κ3) is 4.30. The van der Waals surface area contributed by atoms with Crippen LogP contribution in [-0.4, -0.2) is 17.4 Å². The minimum absolute atomic E-state index is 0.0727. The Morgan fingerprint density at radius 2 is 2.00 bits per heavy atom. The van der Waals surface area contributed by atoms with Crippen LogP contribution in [0.4, 0.5) is 0 Å². The number of hydrogen-bond donors (Lipinski definition) is 0. The van der Waals surface area contributed by atoms with Gasteiger partial charge in [0.1, 0.15) is 11.4 Å². The van der Waals surface area contributed by atoms with Gasteiger partial charge in [0.15, 0.2) is 0 Å². The fraction of sp³-hybridized carbons (Fsp3) is 0.824. The molecule has 1 rings (SSSR count). The predicted octanol–water partition coefficient (Wildman–Crippen LogP) is 3.50. The lowest BCUT2D eigenvalue weighted by atomic mass is 9.61. The summed E-state index contributed by atoms with van der Waals surface area (Å²) in [5, 5.41) is 9.64. The lowest BCUT2D eigenvalue weighted by Gasteiger charge is -2.47. The fourth-order valence-electron chi connectivity index (χ4n) is 3.73. The van der Waals surface area contributed by atoms with Gasteiger partial charge in [0.05, 0.1) is 12.0 Å². The first-order chi connectivity index (χ1) is 9.71. The molecular formula is C17H27NO3. The van der Waals surface area contributed by atoms with Crippen LogP contribution >= 0.6 is 0 Å². The molecule has 0 amide bonds. The van der Waals surface area contributed by atoms with Crippen molar-refractivity contribution in [3.63, 3.8) is 0 Å². The Morgan fingerprint density at radius 1 is 1.38 bits per heavy atom. The molecule has 118 valence electrons. The van der Waals surface area contributed by atoms with E-state index in [1.54, 1.807) is 6.92 Å². The molecule has 0 bridgehead atoms. The molecular weight excluding hydrogens is 266 g/mol. The van der Waals surface area contributed by atoms with Crippen LogP contribution in [0.1, 0.15) is 60.3 Å². The number of carbonyl (C=O) groups is 2. The van der Waals surface area contributed by atoms with E-state index in [9.17, 15) is 14.9 Å². The van der Waals surface area contributed by atoms with Gasteiger partial charge in [-0.2, -0.15) is 5.26 Å². The SMILES string of the molecule is CC(=O)CC[C@H]1[C@@H](C#N)[C@@H](C(C)C)CC[C@@]1(C)OC(C)=O. The lowest BCUT2D eigenvalue weighted by molar-refractivity contribution is -0.171. The number of hydrogen-bond acceptors (Lipinski definition) is 4. The quantitative estimate of drug-likeness (QED) is 0.728. The summed E-state index contributed by atoms with van der Waals surface area (Å²) in [7, 11) is 0. The molecule has 1 aliphatic rings. The van der Waals surface area contributed by atoms with Crippen molar-refractivity contribution in [3.05, 3.63) is 0 Å². The molecule has 1 fully saturated rings. The molecule has 0 aromatic carbocycles. The van der Waals surface area contributed by atoms with Crippen LogP contribution in [0.15, 0.2) is 0 Å². The summed E-state index contributed by atoms with van der Waals surface area (Å²) in [6, 6.07) is 2.43. The Labute approximate surface area is 127 Å². The monoisotopic (exact) mass is 293 g/mol. The number of ether oxygens (including phenoxy) is 1. The van der Waals surface area contributed by atoms with Gasteiger partial charge in [-0.1, -0.05) is 13.8 Å². The van der Waals surface area contributed by atoms with E-state index < -0.39 is 5.60 Å². The van der Waals surface area contributed by atoms with Crippen molar-refractivity contribution >= 4 is 11.8 Å². The maximum Gasteiger partial charge on any atom is 0.303 e. The van der Waals surface area contributed by atoms with Crippen molar-refractivity contribution in [2.75, 3.05) is 0 Å². The number of carbonyl (C=O) groups excluding carboxylic acids is 2. The Kier molecular flexibility index (Phi) is 5.95. The molecule has 4 heteroatoms. The Balaban J connectivity index is 3.06. The maximum atomic E-state index is 11.4. The van der Waals surface area contributed by atoms with Crippen LogP contribution < -0.4 is 0 Å². The predicted molar refractivity (Wildman–Crippen MR) is 80.2 cm³/mol. The van der Waals surface area contributed by atoms with Crippen LogP contribution in [0.2, 0.25) is 0 Å². The summed E-state index contributed by atoms with van der Waals surface area (Å²) in [4.78, 5) is 22.8. The fourth-order valence-corrected chi connectivity index (χ4v) is 3.73. The zero-order valence-electron chi connectivity index (χ0n) is 13.8. The summed E-state index contributed by atoms with van der Waals surface area (Å²) < 4.78 is 5.58. The lowest BCUT2D eigenvalue weighted by Crippen LogP contribution is -2.49. The number of nitrogens with zero attached hydrogens (tertiary/aromatic N) is 1. The summed E-state index contributed by atoms with van der Waals surface area (Å²) in [5.74, 6) is 0.277. The molecule has 0 spiro atoms. The second-order valence-corrected chi connectivity index (χ2v) is 6.85. The number of rotatable bonds is 5. The molecule has 0 unspecified atom stereocenters. The van der Waals surface area contributed by atoms with Gasteiger partial charge in [-0.05, 0) is 44.9 Å². The van der Waals surface area contributed by atoms with E-state index in [0.717, 1.165) is 12.8 Å². The normalized spacial score (nSPS) is 32.5. The van der Waals surface area contributed by atoms with E-state index in [-0.39, 0.29) is 23.6 Å². The van der Waals surface area contributed by atoms with E-state index in [1.807, 2.05) is 6.92 Å². The summed E-state index contributed by atoms with van der Waals surface area (Å²) in [6.07, 6.45) is 2.69. The highest BCUT2D eigenvalue weighted by Crippen LogP contribution is 2.47. The van der Waals surface area contributed by atoms with Gasteiger partial charge in [-0.3, -0.25) is 4.79 Å². The van der Waals surface area contributed by atoms with E-state index in [0.29, 0.717) is 24.7 Å². The minimum Gasteiger partial charge on any atom is -0.459 e. The van der Waals surface area contributed by atoms with Crippen LogP contribution in [0.25, 0.3) is 0 Å². The molecule has 0 radical (unpaired) electrons. The summed E-state index contributed by atoms with van der Waals surface area (Å²) in [5.41, 5.74) is -0.632. The highest BCUT2D eigenvalue weighted by molar-refractivity contribution is 5.75. The first kappa shape index (κ1) is 17.7. The van der Waals surface area contributed by atoms with Crippen LogP contribution in [0.3, 0.4) is 0 Å². The van der Waals surface area contributed by atoms with Crippen molar-refractivity contribution < 1.29 is 14.3 Å². The summed E-state index contributed by atoms with van der Waals surface area (Å²) in [6.45, 7) is 9.15. The molecule has 0 saturated heterocycles. The molecule has 4 nitrogen and oxygen atoms in total. The van der Waals surface area contributed by atoms with Gasteiger partial charge in [0, 0.05) is 19.3 Å². The van der Waals surface area contributed by atoms with E-state index in [4.69, 9.17) is 4.74 Å². The number of nitriles is 1. The van der Waals surface area contributed by atoms with E-state index in [1.165, 1.54) is 6.92 Å². The average molecular weight is 293 g/mol. The molecule has 0 aromatic rings. The van der Waals surface area contributed by atoms with Gasteiger partial charge >= 0.3 is 5.97 Å². The van der Waals surface area contributed by atoms with Crippen molar-refractivity contribution in [2.45, 2.75) is 65.9 Å². The molecule has 0 aromatic heterocycles. The van der Waals surface area contributed by atoms with E-state index >= 15 is 0 Å². The molecule has 0 aliphatic heterocycles. The zero-order chi connectivity index (χ0) is 16.2. The Morgan fingerprint density at radius 3 is 2.43 bits per heavy atom. The molecule has 1 aliphatic carbocycles. The van der Waals surface area contributed by atoms with Gasteiger partial charge < -0.3 is 9.53 Å². The summed E-state index contributed by atoms with van der Waals surface area (Å²) >= 11 is 0. The van der Waals surface area contributed by atoms with Crippen molar-refractivity contribution in [3.8, 4) is 6.07 Å². The van der Waals surface area contributed by atoms with Gasteiger partial charge in [-0.15, -0.1) is 0 Å². The number of Topliss-reactive ketones (excluding diaryl/α,β-unsaturated/α-hetero) is 1. The second-order valence-electron chi connectivity index (χ2n) is 6.85. The first-order valence-corrected chi connectivity index (χ1v) is 7.80. The molecule has 0 heterocycles. The largest absolute Gasteiger partial charge is 0.459 e. The highest BCUT2D eigenvalue weighted by Gasteiger charge is 2.49. The average Bonchev–Trinajstić information content (AvgIpc) is 2.34. The maximum absolute atomic E-state index is 11.4. The number of ketones is 1. The standard InChI is InChI=1S/C17H27NO3/c1-11(2)14-8-9-17(5,21-13(4)20)16(15(14)10-18)7-6-12(3)19/h11,14-16H,6-9H2,1-5H3/t14-,15+,16+,17-/m1/s1. The van der Waals surface area contributed by atoms with Gasteiger partial charge in [0.2, 0.25) is 0 Å². The molecule has 4 atom stereocenters. The van der Waals surface area contributed by atoms with Crippen molar-refractivity contribution in [2.24, 2.45) is 23.7 Å². The van der Waals surface area contributed by atoms with Crippen molar-refractivity contribution in [1.82, 2.24) is 0 Å². The number of esters is 1. The van der Waals surface area contributed by atoms with Crippen molar-refractivity contribution in [1.29, 1.82) is 5.26 Å². The van der Waals surface area contributed by atoms with E-state index in [2.05, 4.69) is 19.9 Å². The molecule has 0 N–H and O–H groups in total. The Bertz CT molecular complexity index is 438. The second kappa shape index (κ2) is 7.06. The molecule has 1 saturated carbocycles. The first-order valence-electron chi connectivity index (χ1n) is 7.80. The third-order valence-corrected chi connectivity index (χ3v) is 4.84. The Hall–Kier alpha value is -1.37. The van der Waals surface area contributed by atoms with Gasteiger partial charge in [0.25, 0.3) is 0 Å².